The molecular weight excluding hydrogens is 288 g/mol. The van der Waals surface area contributed by atoms with Crippen molar-refractivity contribution in [3.05, 3.63) is 47.8 Å². The van der Waals surface area contributed by atoms with Gasteiger partial charge in [0.05, 0.1) is 6.20 Å². The van der Waals surface area contributed by atoms with E-state index >= 15 is 0 Å². The van der Waals surface area contributed by atoms with Crippen molar-refractivity contribution in [1.29, 1.82) is 0 Å². The van der Waals surface area contributed by atoms with Crippen LogP contribution >= 0.6 is 0 Å². The molecule has 23 heavy (non-hydrogen) atoms. The van der Waals surface area contributed by atoms with Gasteiger partial charge in [-0.2, -0.15) is 4.98 Å². The second-order valence-corrected chi connectivity index (χ2v) is 5.97. The van der Waals surface area contributed by atoms with Crippen LogP contribution in [0.25, 0.3) is 0 Å². The van der Waals surface area contributed by atoms with Crippen molar-refractivity contribution in [1.82, 2.24) is 14.9 Å². The number of nitrogen functional groups attached to an aromatic ring is 1. The van der Waals surface area contributed by atoms with Gasteiger partial charge in [0.25, 0.3) is 0 Å². The summed E-state index contributed by atoms with van der Waals surface area (Å²) in [5.41, 5.74) is 7.98. The number of benzene rings is 1. The van der Waals surface area contributed by atoms with Crippen molar-refractivity contribution >= 4 is 5.82 Å². The quantitative estimate of drug-likeness (QED) is 0.831. The zero-order valence-electron chi connectivity index (χ0n) is 13.4. The Hall–Kier alpha value is -2.14. The molecule has 2 aromatic rings. The summed E-state index contributed by atoms with van der Waals surface area (Å²) < 4.78 is 5.65. The highest BCUT2D eigenvalue weighted by atomic mass is 16.5. The predicted octanol–water partition coefficient (Wildman–Crippen LogP) is 2.67. The van der Waals surface area contributed by atoms with Gasteiger partial charge in [-0.1, -0.05) is 36.8 Å². The Bertz CT molecular complexity index is 618. The molecule has 1 aromatic carbocycles. The van der Waals surface area contributed by atoms with Crippen LogP contribution in [0.4, 0.5) is 5.82 Å². The Kier molecular flexibility index (Phi) is 5.42. The van der Waals surface area contributed by atoms with E-state index in [0.717, 1.165) is 31.7 Å². The molecule has 0 radical (unpaired) electrons. The van der Waals surface area contributed by atoms with Gasteiger partial charge < -0.3 is 10.5 Å². The number of rotatable bonds is 6. The monoisotopic (exact) mass is 312 g/mol. The number of ether oxygens (including phenoxy) is 1. The van der Waals surface area contributed by atoms with Crippen LogP contribution < -0.4 is 10.5 Å². The first-order chi connectivity index (χ1) is 11.3. The van der Waals surface area contributed by atoms with Crippen LogP contribution in [0.3, 0.4) is 0 Å². The first-order valence-corrected chi connectivity index (χ1v) is 8.32. The van der Waals surface area contributed by atoms with E-state index in [1.165, 1.54) is 24.8 Å². The number of nitrogens with zero attached hydrogens (tertiary/aromatic N) is 3. The van der Waals surface area contributed by atoms with Gasteiger partial charge in [-0.05, 0) is 31.4 Å². The van der Waals surface area contributed by atoms with E-state index in [2.05, 4.69) is 45.2 Å². The molecular formula is C18H24N4O. The largest absolute Gasteiger partial charge is 0.475 e. The fourth-order valence-corrected chi connectivity index (χ4v) is 2.87. The molecule has 0 amide bonds. The van der Waals surface area contributed by atoms with Crippen LogP contribution in [0.2, 0.25) is 0 Å². The van der Waals surface area contributed by atoms with Crippen LogP contribution in [-0.2, 0) is 13.0 Å². The molecule has 0 unspecified atom stereocenters. The molecule has 0 saturated heterocycles. The van der Waals surface area contributed by atoms with Gasteiger partial charge in [0.15, 0.2) is 0 Å². The Labute approximate surface area is 137 Å². The van der Waals surface area contributed by atoms with Crippen LogP contribution in [0, 0.1) is 0 Å². The molecule has 5 nitrogen and oxygen atoms in total. The third-order valence-corrected chi connectivity index (χ3v) is 4.13. The van der Waals surface area contributed by atoms with Crippen LogP contribution in [0.15, 0.2) is 36.5 Å². The number of aryl methyl sites for hydroxylation is 1. The molecule has 1 aliphatic heterocycles. The average molecular weight is 312 g/mol. The second kappa shape index (κ2) is 7.92. The summed E-state index contributed by atoms with van der Waals surface area (Å²) in [6.07, 6.45) is 6.45. The average Bonchev–Trinajstić information content (AvgIpc) is 2.77. The van der Waals surface area contributed by atoms with Gasteiger partial charge in [0, 0.05) is 13.1 Å². The Morgan fingerprint density at radius 3 is 2.87 bits per heavy atom. The number of anilines is 1. The number of unbranched alkanes of at least 4 members (excludes halogenated alkanes) is 2. The van der Waals surface area contributed by atoms with Crippen molar-refractivity contribution in [2.75, 3.05) is 25.4 Å². The van der Waals surface area contributed by atoms with Gasteiger partial charge in [-0.15, -0.1) is 0 Å². The lowest BCUT2D eigenvalue weighted by atomic mass is 10.1. The standard InChI is InChI=1S/C18H24N4O/c19-17-13-20-16-14-22(11-12-23-18(16)21-17)10-6-2-5-9-15-7-3-1-4-8-15/h1,3-4,7-8,13H,2,5-6,9-12,14H2,(H2,19,21). The first kappa shape index (κ1) is 15.7. The number of hydrogen-bond acceptors (Lipinski definition) is 5. The smallest absolute Gasteiger partial charge is 0.239 e. The maximum atomic E-state index is 5.66. The van der Waals surface area contributed by atoms with Gasteiger partial charge >= 0.3 is 0 Å². The minimum atomic E-state index is 0.415. The third kappa shape index (κ3) is 4.66. The van der Waals surface area contributed by atoms with Crippen molar-refractivity contribution in [2.24, 2.45) is 0 Å². The molecule has 1 aliphatic rings. The fourth-order valence-electron chi connectivity index (χ4n) is 2.87. The Morgan fingerprint density at radius 1 is 1.13 bits per heavy atom. The van der Waals surface area contributed by atoms with Gasteiger partial charge in [-0.3, -0.25) is 9.88 Å². The van der Waals surface area contributed by atoms with Crippen LogP contribution in [0.1, 0.15) is 30.5 Å². The third-order valence-electron chi connectivity index (χ3n) is 4.13. The van der Waals surface area contributed by atoms with Crippen LogP contribution in [-0.4, -0.2) is 34.6 Å². The van der Waals surface area contributed by atoms with E-state index in [-0.39, 0.29) is 0 Å². The van der Waals surface area contributed by atoms with Crippen molar-refractivity contribution in [3.63, 3.8) is 0 Å². The lowest BCUT2D eigenvalue weighted by Gasteiger charge is -2.18. The molecule has 0 atom stereocenters. The molecule has 5 heteroatoms. The summed E-state index contributed by atoms with van der Waals surface area (Å²) in [5, 5.41) is 0. The van der Waals surface area contributed by atoms with E-state index in [1.807, 2.05) is 0 Å². The summed E-state index contributed by atoms with van der Waals surface area (Å²) in [6.45, 7) is 3.43. The maximum absolute atomic E-state index is 5.66. The molecule has 0 spiro atoms. The maximum Gasteiger partial charge on any atom is 0.239 e. The molecule has 0 fully saturated rings. The Morgan fingerprint density at radius 2 is 2.00 bits per heavy atom. The van der Waals surface area contributed by atoms with Crippen molar-refractivity contribution in [3.8, 4) is 5.88 Å². The number of nitrogens with two attached hydrogens (primary N) is 1. The Balaban J connectivity index is 1.41. The van der Waals surface area contributed by atoms with Gasteiger partial charge in [0.1, 0.15) is 18.1 Å². The molecule has 0 saturated carbocycles. The lowest BCUT2D eigenvalue weighted by Crippen LogP contribution is -2.27. The lowest BCUT2D eigenvalue weighted by molar-refractivity contribution is 0.219. The molecule has 2 N–H and O–H groups in total. The van der Waals surface area contributed by atoms with E-state index in [4.69, 9.17) is 10.5 Å². The first-order valence-electron chi connectivity index (χ1n) is 8.32. The van der Waals surface area contributed by atoms with Crippen molar-refractivity contribution < 1.29 is 4.74 Å². The number of hydrogen-bond donors (Lipinski definition) is 1. The van der Waals surface area contributed by atoms with E-state index in [0.29, 0.717) is 18.3 Å². The van der Waals surface area contributed by atoms with Crippen LogP contribution in [0.5, 0.6) is 5.88 Å². The number of aromatic nitrogens is 2. The van der Waals surface area contributed by atoms with E-state index in [9.17, 15) is 0 Å². The fraction of sp³-hybridized carbons (Fsp3) is 0.444. The summed E-state index contributed by atoms with van der Waals surface area (Å²) in [4.78, 5) is 11.0. The number of fused-ring (bicyclic) bond motifs is 1. The van der Waals surface area contributed by atoms with Crippen molar-refractivity contribution in [2.45, 2.75) is 32.2 Å². The zero-order chi connectivity index (χ0) is 15.9. The molecule has 1 aromatic heterocycles. The molecule has 0 aliphatic carbocycles. The summed E-state index contributed by atoms with van der Waals surface area (Å²) in [6, 6.07) is 10.7. The summed E-state index contributed by atoms with van der Waals surface area (Å²) in [5.74, 6) is 1.01. The molecule has 122 valence electrons. The SMILES string of the molecule is Nc1cnc2c(n1)OCCN(CCCCCc1ccccc1)C2. The topological polar surface area (TPSA) is 64.3 Å². The molecule has 3 rings (SSSR count). The van der Waals surface area contributed by atoms with E-state index < -0.39 is 0 Å². The normalized spacial score (nSPS) is 14.8. The van der Waals surface area contributed by atoms with Gasteiger partial charge in [-0.25, -0.2) is 0 Å². The van der Waals surface area contributed by atoms with Gasteiger partial charge in [0.2, 0.25) is 5.88 Å². The highest BCUT2D eigenvalue weighted by molar-refractivity contribution is 5.31. The highest BCUT2D eigenvalue weighted by Crippen LogP contribution is 2.19. The van der Waals surface area contributed by atoms with E-state index in [1.54, 1.807) is 6.20 Å². The molecule has 0 bridgehead atoms. The highest BCUT2D eigenvalue weighted by Gasteiger charge is 2.17. The molecule has 2 heterocycles. The minimum absolute atomic E-state index is 0.415. The minimum Gasteiger partial charge on any atom is -0.475 e. The summed E-state index contributed by atoms with van der Waals surface area (Å²) >= 11 is 0. The summed E-state index contributed by atoms with van der Waals surface area (Å²) in [7, 11) is 0. The zero-order valence-corrected chi connectivity index (χ0v) is 13.4. The predicted molar refractivity (Wildman–Crippen MR) is 91.2 cm³/mol. The second-order valence-electron chi connectivity index (χ2n) is 5.97.